The standard InChI is InChI=1S/C13H16BrNO/c1-3-15(11-5-6-11)13(16)10-4-7-12(14)9(2)8-10/h4,7-8,11H,3,5-6H2,1-2H3. The first-order valence-corrected chi connectivity index (χ1v) is 6.50. The first-order valence-electron chi connectivity index (χ1n) is 5.70. The second kappa shape index (κ2) is 4.58. The van der Waals surface area contributed by atoms with Crippen LogP contribution in [-0.4, -0.2) is 23.4 Å². The molecule has 0 atom stereocenters. The Morgan fingerprint density at radius 3 is 2.69 bits per heavy atom. The van der Waals surface area contributed by atoms with Crippen molar-refractivity contribution in [3.63, 3.8) is 0 Å². The van der Waals surface area contributed by atoms with Gasteiger partial charge >= 0.3 is 0 Å². The Morgan fingerprint density at radius 1 is 1.50 bits per heavy atom. The van der Waals surface area contributed by atoms with Crippen LogP contribution in [0.2, 0.25) is 0 Å². The number of carbonyl (C=O) groups excluding carboxylic acids is 1. The van der Waals surface area contributed by atoms with Crippen molar-refractivity contribution in [2.45, 2.75) is 32.7 Å². The van der Waals surface area contributed by atoms with E-state index < -0.39 is 0 Å². The van der Waals surface area contributed by atoms with Crippen LogP contribution in [0.15, 0.2) is 22.7 Å². The van der Waals surface area contributed by atoms with E-state index in [4.69, 9.17) is 0 Å². The third kappa shape index (κ3) is 2.29. The lowest BCUT2D eigenvalue weighted by Gasteiger charge is -2.20. The molecule has 1 aromatic rings. The molecule has 0 aromatic heterocycles. The van der Waals surface area contributed by atoms with Gasteiger partial charge in [-0.25, -0.2) is 0 Å². The number of nitrogens with zero attached hydrogens (tertiary/aromatic N) is 1. The smallest absolute Gasteiger partial charge is 0.254 e. The lowest BCUT2D eigenvalue weighted by molar-refractivity contribution is 0.0752. The summed E-state index contributed by atoms with van der Waals surface area (Å²) in [6.07, 6.45) is 2.32. The monoisotopic (exact) mass is 281 g/mol. The Balaban J connectivity index is 2.22. The Hall–Kier alpha value is -0.830. The lowest BCUT2D eigenvalue weighted by atomic mass is 10.1. The van der Waals surface area contributed by atoms with Crippen LogP contribution in [0.5, 0.6) is 0 Å². The molecule has 1 amide bonds. The minimum absolute atomic E-state index is 0.167. The highest BCUT2D eigenvalue weighted by atomic mass is 79.9. The van der Waals surface area contributed by atoms with Gasteiger partial charge in [0.1, 0.15) is 0 Å². The van der Waals surface area contributed by atoms with Gasteiger partial charge in [-0.2, -0.15) is 0 Å². The maximum absolute atomic E-state index is 12.2. The third-order valence-electron chi connectivity index (χ3n) is 2.99. The van der Waals surface area contributed by atoms with Crippen LogP contribution in [0.3, 0.4) is 0 Å². The fourth-order valence-electron chi connectivity index (χ4n) is 1.90. The van der Waals surface area contributed by atoms with Gasteiger partial charge in [0.15, 0.2) is 0 Å². The highest BCUT2D eigenvalue weighted by Gasteiger charge is 2.31. The van der Waals surface area contributed by atoms with Crippen molar-refractivity contribution in [1.29, 1.82) is 0 Å². The summed E-state index contributed by atoms with van der Waals surface area (Å²) in [5.74, 6) is 0.167. The summed E-state index contributed by atoms with van der Waals surface area (Å²) in [6, 6.07) is 6.28. The summed E-state index contributed by atoms with van der Waals surface area (Å²) in [5.41, 5.74) is 1.91. The number of amides is 1. The Labute approximate surface area is 105 Å². The SMILES string of the molecule is CCN(C(=O)c1ccc(Br)c(C)c1)C1CC1. The summed E-state index contributed by atoms with van der Waals surface area (Å²) in [4.78, 5) is 14.2. The molecular weight excluding hydrogens is 266 g/mol. The molecule has 3 heteroatoms. The Morgan fingerprint density at radius 2 is 2.19 bits per heavy atom. The van der Waals surface area contributed by atoms with E-state index in [1.54, 1.807) is 0 Å². The highest BCUT2D eigenvalue weighted by Crippen LogP contribution is 2.28. The Bertz CT molecular complexity index is 412. The maximum Gasteiger partial charge on any atom is 0.254 e. The topological polar surface area (TPSA) is 20.3 Å². The van der Waals surface area contributed by atoms with Crippen LogP contribution >= 0.6 is 15.9 Å². The van der Waals surface area contributed by atoms with E-state index in [1.807, 2.05) is 36.9 Å². The van der Waals surface area contributed by atoms with Gasteiger partial charge in [-0.1, -0.05) is 15.9 Å². The predicted molar refractivity (Wildman–Crippen MR) is 68.6 cm³/mol. The maximum atomic E-state index is 12.2. The number of hydrogen-bond acceptors (Lipinski definition) is 1. The average molecular weight is 282 g/mol. The van der Waals surface area contributed by atoms with E-state index >= 15 is 0 Å². The largest absolute Gasteiger partial charge is 0.336 e. The fraction of sp³-hybridized carbons (Fsp3) is 0.462. The molecular formula is C13H16BrNO. The quantitative estimate of drug-likeness (QED) is 0.832. The number of benzene rings is 1. The molecule has 1 saturated carbocycles. The molecule has 0 radical (unpaired) electrons. The van der Waals surface area contributed by atoms with Crippen molar-refractivity contribution in [3.05, 3.63) is 33.8 Å². The van der Waals surface area contributed by atoms with Crippen LogP contribution in [0.1, 0.15) is 35.7 Å². The minimum atomic E-state index is 0.167. The summed E-state index contributed by atoms with van der Waals surface area (Å²) in [7, 11) is 0. The molecule has 1 aliphatic rings. The van der Waals surface area contributed by atoms with E-state index in [9.17, 15) is 4.79 Å². The zero-order chi connectivity index (χ0) is 11.7. The van der Waals surface area contributed by atoms with Crippen molar-refractivity contribution in [2.24, 2.45) is 0 Å². The molecule has 0 heterocycles. The summed E-state index contributed by atoms with van der Waals surface area (Å²) in [6.45, 7) is 4.86. The van der Waals surface area contributed by atoms with Crippen molar-refractivity contribution >= 4 is 21.8 Å². The summed E-state index contributed by atoms with van der Waals surface area (Å²) < 4.78 is 1.05. The average Bonchev–Trinajstić information content (AvgIpc) is 3.07. The van der Waals surface area contributed by atoms with Gasteiger partial charge in [-0.15, -0.1) is 0 Å². The van der Waals surface area contributed by atoms with Gasteiger partial charge in [-0.05, 0) is 50.5 Å². The second-order valence-corrected chi connectivity index (χ2v) is 5.14. The van der Waals surface area contributed by atoms with Crippen LogP contribution in [0.25, 0.3) is 0 Å². The molecule has 1 aliphatic carbocycles. The number of carbonyl (C=O) groups is 1. The van der Waals surface area contributed by atoms with Crippen molar-refractivity contribution in [3.8, 4) is 0 Å². The van der Waals surface area contributed by atoms with Gasteiger partial charge in [0.05, 0.1) is 0 Å². The van der Waals surface area contributed by atoms with Crippen molar-refractivity contribution < 1.29 is 4.79 Å². The van der Waals surface area contributed by atoms with E-state index in [-0.39, 0.29) is 5.91 Å². The zero-order valence-electron chi connectivity index (χ0n) is 9.66. The molecule has 1 fully saturated rings. The first-order chi connectivity index (χ1) is 7.63. The summed E-state index contributed by atoms with van der Waals surface area (Å²) in [5, 5.41) is 0. The minimum Gasteiger partial charge on any atom is -0.336 e. The van der Waals surface area contributed by atoms with Crippen molar-refractivity contribution in [1.82, 2.24) is 4.90 Å². The van der Waals surface area contributed by atoms with Gasteiger partial charge in [0, 0.05) is 22.6 Å². The highest BCUT2D eigenvalue weighted by molar-refractivity contribution is 9.10. The number of rotatable bonds is 3. The van der Waals surface area contributed by atoms with E-state index in [0.29, 0.717) is 6.04 Å². The lowest BCUT2D eigenvalue weighted by Crippen LogP contribution is -2.32. The fourth-order valence-corrected chi connectivity index (χ4v) is 2.14. The van der Waals surface area contributed by atoms with Gasteiger partial charge in [0.2, 0.25) is 0 Å². The van der Waals surface area contributed by atoms with Crippen LogP contribution in [0.4, 0.5) is 0 Å². The van der Waals surface area contributed by atoms with Gasteiger partial charge in [-0.3, -0.25) is 4.79 Å². The number of aryl methyl sites for hydroxylation is 1. The molecule has 0 aliphatic heterocycles. The van der Waals surface area contributed by atoms with Crippen molar-refractivity contribution in [2.75, 3.05) is 6.54 Å². The molecule has 1 aromatic carbocycles. The zero-order valence-corrected chi connectivity index (χ0v) is 11.3. The van der Waals surface area contributed by atoms with E-state index in [2.05, 4.69) is 15.9 Å². The Kier molecular flexibility index (Phi) is 3.33. The molecule has 0 saturated heterocycles. The number of halogens is 1. The molecule has 86 valence electrons. The normalized spacial score (nSPS) is 14.9. The van der Waals surface area contributed by atoms with Gasteiger partial charge in [0.25, 0.3) is 5.91 Å². The molecule has 2 nitrogen and oxygen atoms in total. The van der Waals surface area contributed by atoms with Crippen LogP contribution in [-0.2, 0) is 0 Å². The molecule has 0 N–H and O–H groups in total. The van der Waals surface area contributed by atoms with E-state index in [1.165, 1.54) is 0 Å². The number of hydrogen-bond donors (Lipinski definition) is 0. The molecule has 0 unspecified atom stereocenters. The first kappa shape index (κ1) is 11.6. The second-order valence-electron chi connectivity index (χ2n) is 4.29. The molecule has 2 rings (SSSR count). The van der Waals surface area contributed by atoms with E-state index in [0.717, 1.165) is 35.0 Å². The third-order valence-corrected chi connectivity index (χ3v) is 3.88. The molecule has 0 bridgehead atoms. The predicted octanol–water partition coefficient (Wildman–Crippen LogP) is 3.38. The van der Waals surface area contributed by atoms with Crippen LogP contribution < -0.4 is 0 Å². The van der Waals surface area contributed by atoms with Crippen LogP contribution in [0, 0.1) is 6.92 Å². The summed E-state index contributed by atoms with van der Waals surface area (Å²) >= 11 is 3.45. The molecule has 16 heavy (non-hydrogen) atoms. The molecule has 0 spiro atoms. The van der Waals surface area contributed by atoms with Gasteiger partial charge < -0.3 is 4.90 Å².